The molecule has 0 aliphatic heterocycles. The molecule has 10 aromatic carbocycles. The largest absolute Gasteiger partial charge is 0.310 e. The maximum atomic E-state index is 2.52. The Kier molecular flexibility index (Phi) is 7.26. The van der Waals surface area contributed by atoms with Gasteiger partial charge in [-0.05, 0) is 127 Å². The van der Waals surface area contributed by atoms with Crippen LogP contribution >= 0.6 is 0 Å². The smallest absolute Gasteiger partial charge is 0.0727 e. The Morgan fingerprint density at radius 2 is 0.852 bits per heavy atom. The molecule has 2 nitrogen and oxygen atoms in total. The molecule has 0 N–H and O–H groups in total. The summed E-state index contributed by atoms with van der Waals surface area (Å²) >= 11 is 0. The fourth-order valence-corrected chi connectivity index (χ4v) is 10.9. The summed E-state index contributed by atoms with van der Waals surface area (Å²) in [6, 6.07) is 85.3. The van der Waals surface area contributed by atoms with Crippen LogP contribution in [0.5, 0.6) is 0 Å². The number of aromatic nitrogens is 1. The quantitative estimate of drug-likeness (QED) is 0.163. The molecule has 0 unspecified atom stereocenters. The normalized spacial score (nSPS) is 13.0. The van der Waals surface area contributed by atoms with Gasteiger partial charge in [0.2, 0.25) is 0 Å². The number of nitrogens with zero attached hydrogens (tertiary/aromatic N) is 2. The standard InChI is InChI=1S/C59H38N2/c1-4-16-39(17-5-1)41-30-33-45(34-31-41)61-54-29-15-28-52-57(54)58-55(61)35-32-43-37-47(38-53(56(43)58)59(52)50-26-12-10-24-48(50)49-25-11-13-27-51(49)59)60(44-21-8-3-9-22-44)46-23-14-20-42(36-46)40-18-6-2-7-19-40/h1-38H. The van der Waals surface area contributed by atoms with Gasteiger partial charge in [0.15, 0.2) is 0 Å². The lowest BCUT2D eigenvalue weighted by molar-refractivity contribution is 0.783. The highest BCUT2D eigenvalue weighted by molar-refractivity contribution is 6.27. The third kappa shape index (κ3) is 4.79. The molecule has 0 bridgehead atoms. The molecule has 2 aliphatic rings. The second-order valence-corrected chi connectivity index (χ2v) is 16.4. The first kappa shape index (κ1) is 34.0. The van der Waals surface area contributed by atoms with Gasteiger partial charge >= 0.3 is 0 Å². The van der Waals surface area contributed by atoms with Crippen LogP contribution in [0.25, 0.3) is 71.6 Å². The highest BCUT2D eigenvalue weighted by Crippen LogP contribution is 2.63. The van der Waals surface area contributed by atoms with Crippen LogP contribution in [0.15, 0.2) is 231 Å². The maximum Gasteiger partial charge on any atom is 0.0727 e. The average Bonchev–Trinajstić information content (AvgIpc) is 3.83. The molecule has 1 heterocycles. The number of hydrogen-bond acceptors (Lipinski definition) is 1. The van der Waals surface area contributed by atoms with E-state index in [2.05, 4.69) is 240 Å². The number of rotatable bonds is 6. The zero-order chi connectivity index (χ0) is 40.1. The summed E-state index contributed by atoms with van der Waals surface area (Å²) in [6.07, 6.45) is 0. The fourth-order valence-electron chi connectivity index (χ4n) is 10.9. The number of benzene rings is 10. The zero-order valence-corrected chi connectivity index (χ0v) is 33.3. The van der Waals surface area contributed by atoms with E-state index in [-0.39, 0.29) is 0 Å². The Labute approximate surface area is 354 Å². The van der Waals surface area contributed by atoms with Gasteiger partial charge in [-0.2, -0.15) is 0 Å². The predicted octanol–water partition coefficient (Wildman–Crippen LogP) is 15.4. The maximum absolute atomic E-state index is 2.52. The molecular weight excluding hydrogens is 737 g/mol. The molecule has 0 saturated heterocycles. The molecule has 1 spiro atoms. The van der Waals surface area contributed by atoms with Crippen molar-refractivity contribution in [3.63, 3.8) is 0 Å². The topological polar surface area (TPSA) is 8.17 Å². The first-order valence-corrected chi connectivity index (χ1v) is 21.2. The Hall–Kier alpha value is -7.94. The number of anilines is 3. The minimum Gasteiger partial charge on any atom is -0.310 e. The minimum absolute atomic E-state index is 0.556. The molecule has 284 valence electrons. The number of para-hydroxylation sites is 1. The van der Waals surface area contributed by atoms with Crippen molar-refractivity contribution in [1.29, 1.82) is 0 Å². The summed E-state index contributed by atoms with van der Waals surface area (Å²) in [5.41, 5.74) is 19.2. The molecule has 2 heteroatoms. The van der Waals surface area contributed by atoms with Crippen molar-refractivity contribution in [1.82, 2.24) is 4.57 Å². The van der Waals surface area contributed by atoms with E-state index in [9.17, 15) is 0 Å². The van der Waals surface area contributed by atoms with Gasteiger partial charge in [-0.3, -0.25) is 0 Å². The number of hydrogen-bond donors (Lipinski definition) is 0. The van der Waals surface area contributed by atoms with Gasteiger partial charge in [0, 0.05) is 33.5 Å². The minimum atomic E-state index is -0.556. The van der Waals surface area contributed by atoms with Crippen LogP contribution in [0, 0.1) is 0 Å². The van der Waals surface area contributed by atoms with Gasteiger partial charge < -0.3 is 9.47 Å². The van der Waals surface area contributed by atoms with Gasteiger partial charge in [-0.15, -0.1) is 0 Å². The molecule has 0 saturated carbocycles. The molecule has 61 heavy (non-hydrogen) atoms. The van der Waals surface area contributed by atoms with Crippen molar-refractivity contribution in [2.75, 3.05) is 4.90 Å². The van der Waals surface area contributed by atoms with Crippen LogP contribution in [0.3, 0.4) is 0 Å². The van der Waals surface area contributed by atoms with E-state index in [1.54, 1.807) is 0 Å². The molecule has 0 amide bonds. The second-order valence-electron chi connectivity index (χ2n) is 16.4. The van der Waals surface area contributed by atoms with Gasteiger partial charge in [0.05, 0.1) is 16.4 Å². The van der Waals surface area contributed by atoms with E-state index in [0.29, 0.717) is 0 Å². The molecular formula is C59H38N2. The summed E-state index contributed by atoms with van der Waals surface area (Å²) in [4.78, 5) is 2.45. The van der Waals surface area contributed by atoms with E-state index in [1.807, 2.05) is 0 Å². The first-order chi connectivity index (χ1) is 30.3. The highest BCUT2D eigenvalue weighted by atomic mass is 15.1. The van der Waals surface area contributed by atoms with Crippen molar-refractivity contribution in [3.05, 3.63) is 253 Å². The highest BCUT2D eigenvalue weighted by Gasteiger charge is 2.50. The Morgan fingerprint density at radius 1 is 0.311 bits per heavy atom. The van der Waals surface area contributed by atoms with Crippen molar-refractivity contribution < 1.29 is 0 Å². The molecule has 0 atom stereocenters. The van der Waals surface area contributed by atoms with Crippen LogP contribution in [0.2, 0.25) is 0 Å². The van der Waals surface area contributed by atoms with E-state index < -0.39 is 5.41 Å². The fraction of sp³-hybridized carbons (Fsp3) is 0.0169. The van der Waals surface area contributed by atoms with Crippen LogP contribution < -0.4 is 4.90 Å². The summed E-state index contributed by atoms with van der Waals surface area (Å²) in [6.45, 7) is 0. The Balaban J connectivity index is 1.14. The lowest BCUT2D eigenvalue weighted by Gasteiger charge is -2.39. The summed E-state index contributed by atoms with van der Waals surface area (Å²) in [7, 11) is 0. The zero-order valence-electron chi connectivity index (χ0n) is 33.3. The van der Waals surface area contributed by atoms with Gasteiger partial charge in [0.1, 0.15) is 0 Å². The van der Waals surface area contributed by atoms with Crippen molar-refractivity contribution in [2.24, 2.45) is 0 Å². The lowest BCUT2D eigenvalue weighted by atomic mass is 9.63. The van der Waals surface area contributed by atoms with Gasteiger partial charge in [-0.25, -0.2) is 0 Å². The lowest BCUT2D eigenvalue weighted by Crippen LogP contribution is -2.31. The van der Waals surface area contributed by atoms with E-state index in [1.165, 1.54) is 88.2 Å². The Bertz CT molecular complexity index is 3460. The third-order valence-corrected chi connectivity index (χ3v) is 13.3. The van der Waals surface area contributed by atoms with Crippen molar-refractivity contribution >= 4 is 49.6 Å². The van der Waals surface area contributed by atoms with Crippen LogP contribution in [-0.4, -0.2) is 4.57 Å². The summed E-state index contributed by atoms with van der Waals surface area (Å²) in [5.74, 6) is 0. The second kappa shape index (κ2) is 13.0. The molecule has 0 fully saturated rings. The van der Waals surface area contributed by atoms with Crippen LogP contribution in [0.4, 0.5) is 17.1 Å². The van der Waals surface area contributed by atoms with Crippen LogP contribution in [-0.2, 0) is 5.41 Å². The summed E-state index contributed by atoms with van der Waals surface area (Å²) < 4.78 is 2.50. The summed E-state index contributed by atoms with van der Waals surface area (Å²) in [5, 5.41) is 5.20. The third-order valence-electron chi connectivity index (χ3n) is 13.3. The van der Waals surface area contributed by atoms with E-state index in [4.69, 9.17) is 0 Å². The monoisotopic (exact) mass is 774 g/mol. The van der Waals surface area contributed by atoms with Gasteiger partial charge in [-0.1, -0.05) is 170 Å². The molecule has 13 rings (SSSR count). The van der Waals surface area contributed by atoms with E-state index >= 15 is 0 Å². The number of fused-ring (bicyclic) bond motifs is 7. The molecule has 11 aromatic rings. The molecule has 1 aromatic heterocycles. The van der Waals surface area contributed by atoms with Crippen molar-refractivity contribution in [3.8, 4) is 39.1 Å². The van der Waals surface area contributed by atoms with Gasteiger partial charge in [0.25, 0.3) is 0 Å². The molecule has 2 aliphatic carbocycles. The first-order valence-electron chi connectivity index (χ1n) is 21.2. The predicted molar refractivity (Wildman–Crippen MR) is 255 cm³/mol. The SMILES string of the molecule is c1ccc(-c2ccc(-n3c4cccc5c4c4c6c(cc(N(c7ccccc7)c7cccc(-c8ccccc8)c7)cc6ccc43)C53c4ccccc4-c4ccccc43)cc2)cc1. The van der Waals surface area contributed by atoms with E-state index in [0.717, 1.165) is 22.7 Å². The Morgan fingerprint density at radius 3 is 1.56 bits per heavy atom. The van der Waals surface area contributed by atoms with Crippen molar-refractivity contribution in [2.45, 2.75) is 5.41 Å². The molecule has 0 radical (unpaired) electrons. The van der Waals surface area contributed by atoms with Crippen LogP contribution in [0.1, 0.15) is 22.3 Å². The average molecular weight is 775 g/mol.